The van der Waals surface area contributed by atoms with Crippen LogP contribution in [-0.4, -0.2) is 56.3 Å². The number of H-pyrrole nitrogens is 2. The van der Waals surface area contributed by atoms with Crippen molar-refractivity contribution in [1.82, 2.24) is 35.1 Å². The van der Waals surface area contributed by atoms with Crippen LogP contribution in [-0.2, 0) is 0 Å². The lowest BCUT2D eigenvalue weighted by molar-refractivity contribution is 0.411. The smallest absolute Gasteiger partial charge is 0.159 e. The van der Waals surface area contributed by atoms with Gasteiger partial charge in [-0.1, -0.05) is 0 Å². The number of rotatable bonds is 5. The number of pyridine rings is 3. The van der Waals surface area contributed by atoms with Crippen molar-refractivity contribution >= 4 is 27.6 Å². The van der Waals surface area contributed by atoms with Crippen molar-refractivity contribution in [3.63, 3.8) is 0 Å². The molecular weight excluding hydrogens is 459 g/mol. The topological polar surface area (TPSA) is 108 Å². The average molecular weight is 481 g/mol. The Morgan fingerprint density at radius 1 is 0.917 bits per heavy atom. The molecule has 0 spiro atoms. The molecule has 0 fully saturated rings. The van der Waals surface area contributed by atoms with Gasteiger partial charge in [0.05, 0.1) is 47.6 Å². The molecule has 0 saturated heterocycles. The lowest BCUT2D eigenvalue weighted by Gasteiger charge is -2.12. The van der Waals surface area contributed by atoms with E-state index in [1.54, 1.807) is 30.9 Å². The monoisotopic (exact) mass is 480 g/mol. The van der Waals surface area contributed by atoms with Crippen molar-refractivity contribution in [2.45, 2.75) is 0 Å². The van der Waals surface area contributed by atoms with E-state index in [1.807, 2.05) is 37.2 Å². The molecule has 10 heteroatoms. The minimum Gasteiger partial charge on any atom is -0.497 e. The summed E-state index contributed by atoms with van der Waals surface area (Å²) in [6, 6.07) is 10.3. The third kappa shape index (κ3) is 3.68. The van der Waals surface area contributed by atoms with E-state index in [-0.39, 0.29) is 0 Å². The number of aromatic amines is 2. The average Bonchev–Trinajstić information content (AvgIpc) is 3.51. The van der Waals surface area contributed by atoms with Gasteiger partial charge in [-0.25, -0.2) is 9.37 Å². The molecule has 9 nitrogen and oxygen atoms in total. The number of imidazole rings is 1. The second-order valence-corrected chi connectivity index (χ2v) is 8.53. The molecule has 6 aromatic rings. The van der Waals surface area contributed by atoms with E-state index in [1.165, 1.54) is 19.2 Å². The fraction of sp³-hybridized carbons (Fsp3) is 0.115. The molecule has 0 bridgehead atoms. The lowest BCUT2D eigenvalue weighted by atomic mass is 10.1. The van der Waals surface area contributed by atoms with Crippen LogP contribution in [0.2, 0.25) is 0 Å². The molecule has 1 aromatic carbocycles. The molecular formula is C26H21FN8O. The van der Waals surface area contributed by atoms with E-state index >= 15 is 0 Å². The van der Waals surface area contributed by atoms with Crippen molar-refractivity contribution in [1.29, 1.82) is 0 Å². The van der Waals surface area contributed by atoms with Gasteiger partial charge < -0.3 is 14.6 Å². The van der Waals surface area contributed by atoms with E-state index < -0.39 is 5.82 Å². The molecule has 0 atom stereocenters. The molecule has 178 valence electrons. The number of benzene rings is 1. The predicted molar refractivity (Wildman–Crippen MR) is 136 cm³/mol. The first-order valence-electron chi connectivity index (χ1n) is 11.2. The quantitative estimate of drug-likeness (QED) is 0.363. The number of hydrogen-bond acceptors (Lipinski definition) is 7. The lowest BCUT2D eigenvalue weighted by Crippen LogP contribution is -2.08. The van der Waals surface area contributed by atoms with Gasteiger partial charge in [-0.2, -0.15) is 5.10 Å². The first-order valence-corrected chi connectivity index (χ1v) is 11.2. The fourth-order valence-electron chi connectivity index (χ4n) is 4.14. The van der Waals surface area contributed by atoms with Gasteiger partial charge in [0.2, 0.25) is 0 Å². The van der Waals surface area contributed by atoms with Crippen LogP contribution in [0.5, 0.6) is 5.75 Å². The number of aromatic nitrogens is 7. The summed E-state index contributed by atoms with van der Waals surface area (Å²) in [6.45, 7) is 0. The van der Waals surface area contributed by atoms with Crippen LogP contribution < -0.4 is 9.64 Å². The van der Waals surface area contributed by atoms with Gasteiger partial charge in [0, 0.05) is 49.1 Å². The maximum Gasteiger partial charge on any atom is 0.159 e. The number of methoxy groups -OCH3 is 1. The van der Waals surface area contributed by atoms with Crippen LogP contribution in [0.25, 0.3) is 56.0 Å². The minimum absolute atomic E-state index is 0.408. The van der Waals surface area contributed by atoms with Crippen molar-refractivity contribution in [3.8, 4) is 39.8 Å². The van der Waals surface area contributed by atoms with Crippen molar-refractivity contribution < 1.29 is 9.13 Å². The second-order valence-electron chi connectivity index (χ2n) is 8.53. The molecule has 2 N–H and O–H groups in total. The van der Waals surface area contributed by atoms with Gasteiger partial charge >= 0.3 is 0 Å². The van der Waals surface area contributed by atoms with Crippen molar-refractivity contribution in [3.05, 3.63) is 67.0 Å². The summed E-state index contributed by atoms with van der Waals surface area (Å²) in [5.74, 6) is 0.557. The van der Waals surface area contributed by atoms with Gasteiger partial charge in [-0.05, 0) is 30.3 Å². The van der Waals surface area contributed by atoms with Gasteiger partial charge in [-0.15, -0.1) is 0 Å². The molecule has 0 aliphatic carbocycles. The van der Waals surface area contributed by atoms with Crippen LogP contribution in [0.3, 0.4) is 0 Å². The molecule has 5 aromatic heterocycles. The zero-order valence-corrected chi connectivity index (χ0v) is 19.7. The minimum atomic E-state index is -0.412. The highest BCUT2D eigenvalue weighted by molar-refractivity contribution is 5.97. The Balaban J connectivity index is 1.47. The zero-order valence-electron chi connectivity index (χ0n) is 19.7. The van der Waals surface area contributed by atoms with E-state index in [4.69, 9.17) is 9.72 Å². The fourth-order valence-corrected chi connectivity index (χ4v) is 4.14. The number of halogens is 1. The highest BCUT2D eigenvalue weighted by Gasteiger charge is 2.18. The summed E-state index contributed by atoms with van der Waals surface area (Å²) >= 11 is 0. The van der Waals surface area contributed by atoms with Crippen LogP contribution in [0.15, 0.2) is 61.2 Å². The Morgan fingerprint density at radius 2 is 1.81 bits per heavy atom. The first kappa shape index (κ1) is 21.7. The SMILES string of the molecule is COc1cc(F)cc(-c2nccc3[nH]c(-c4n[nH]c5cnc(-c6cncc(N(C)C)c6)cc45)nc23)c1. The third-order valence-corrected chi connectivity index (χ3v) is 5.99. The molecule has 0 unspecified atom stereocenters. The third-order valence-electron chi connectivity index (χ3n) is 5.99. The maximum absolute atomic E-state index is 14.2. The van der Waals surface area contributed by atoms with Crippen molar-refractivity contribution in [2.24, 2.45) is 0 Å². The Hall–Kier alpha value is -4.86. The largest absolute Gasteiger partial charge is 0.497 e. The zero-order chi connectivity index (χ0) is 24.8. The highest BCUT2D eigenvalue weighted by Crippen LogP contribution is 2.33. The number of hydrogen-bond donors (Lipinski definition) is 2. The summed E-state index contributed by atoms with van der Waals surface area (Å²) in [4.78, 5) is 23.5. The number of nitrogens with one attached hydrogen (secondary N) is 2. The summed E-state index contributed by atoms with van der Waals surface area (Å²) < 4.78 is 19.4. The number of anilines is 1. The van der Waals surface area contributed by atoms with Crippen LogP contribution >= 0.6 is 0 Å². The summed E-state index contributed by atoms with van der Waals surface area (Å²) in [7, 11) is 5.43. The van der Waals surface area contributed by atoms with Gasteiger partial charge in [0.15, 0.2) is 5.82 Å². The predicted octanol–water partition coefficient (Wildman–Crippen LogP) is 4.84. The van der Waals surface area contributed by atoms with Gasteiger partial charge in [0.25, 0.3) is 0 Å². The van der Waals surface area contributed by atoms with Gasteiger partial charge in [0.1, 0.15) is 22.8 Å². The molecule has 0 aliphatic heterocycles. The molecule has 36 heavy (non-hydrogen) atoms. The Bertz CT molecular complexity index is 1740. The summed E-state index contributed by atoms with van der Waals surface area (Å²) in [5.41, 5.74) is 6.54. The van der Waals surface area contributed by atoms with E-state index in [9.17, 15) is 4.39 Å². The molecule has 0 radical (unpaired) electrons. The molecule has 0 aliphatic rings. The van der Waals surface area contributed by atoms with E-state index in [2.05, 4.69) is 30.1 Å². The number of fused-ring (bicyclic) bond motifs is 2. The maximum atomic E-state index is 14.2. The van der Waals surface area contributed by atoms with E-state index in [0.717, 1.165) is 33.4 Å². The molecule has 5 heterocycles. The summed E-state index contributed by atoms with van der Waals surface area (Å²) in [5, 5.41) is 8.39. The number of ether oxygens (including phenoxy) is 1. The van der Waals surface area contributed by atoms with Crippen LogP contribution in [0, 0.1) is 5.82 Å². The van der Waals surface area contributed by atoms with Crippen LogP contribution in [0.1, 0.15) is 0 Å². The molecule has 0 amide bonds. The standard InChI is InChI=1S/C26H21FN8O/c1-35(2)17-7-15(11-28-12-17)21-10-19-22(13-30-21)33-34-24(19)26-31-20-4-5-29-23(25(20)32-26)14-6-16(27)9-18(8-14)36-3/h4-13H,1-3H3,(H,31,32)(H,33,34). The molecule has 0 saturated carbocycles. The second kappa shape index (κ2) is 8.42. The van der Waals surface area contributed by atoms with Crippen LogP contribution in [0.4, 0.5) is 10.1 Å². The van der Waals surface area contributed by atoms with E-state index in [0.29, 0.717) is 34.0 Å². The normalized spacial score (nSPS) is 11.3. The van der Waals surface area contributed by atoms with Crippen molar-refractivity contribution in [2.75, 3.05) is 26.1 Å². The highest BCUT2D eigenvalue weighted by atomic mass is 19.1. The first-order chi connectivity index (χ1) is 17.5. The Morgan fingerprint density at radius 3 is 2.64 bits per heavy atom. The molecule has 6 rings (SSSR count). The van der Waals surface area contributed by atoms with Gasteiger partial charge in [-0.3, -0.25) is 20.1 Å². The Kier molecular flexibility index (Phi) is 5.06. The number of nitrogens with zero attached hydrogens (tertiary/aromatic N) is 6. The Labute approximate surface area is 205 Å². The summed E-state index contributed by atoms with van der Waals surface area (Å²) in [6.07, 6.45) is 7.00.